The third kappa shape index (κ3) is 2.90. The summed E-state index contributed by atoms with van der Waals surface area (Å²) in [4.78, 5) is 11.8. The van der Waals surface area contributed by atoms with Crippen LogP contribution in [-0.2, 0) is 9.47 Å². The summed E-state index contributed by atoms with van der Waals surface area (Å²) in [5, 5.41) is 0.250. The number of hydrogen-bond donors (Lipinski definition) is 1. The van der Waals surface area contributed by atoms with Gasteiger partial charge in [-0.2, -0.15) is 0 Å². The number of anilines is 1. The maximum atomic E-state index is 11.8. The summed E-state index contributed by atoms with van der Waals surface area (Å²) in [6, 6.07) is 4.92. The Balaban J connectivity index is 1.97. The lowest BCUT2D eigenvalue weighted by Gasteiger charge is -2.10. The first-order chi connectivity index (χ1) is 8.18. The van der Waals surface area contributed by atoms with Crippen LogP contribution in [-0.4, -0.2) is 25.8 Å². The number of halogens is 1. The Morgan fingerprint density at radius 1 is 1.59 bits per heavy atom. The minimum atomic E-state index is -0.436. The van der Waals surface area contributed by atoms with Crippen LogP contribution in [0.4, 0.5) is 5.69 Å². The number of benzene rings is 1. The van der Waals surface area contributed by atoms with Crippen LogP contribution in [0.3, 0.4) is 0 Å². The van der Waals surface area contributed by atoms with E-state index < -0.39 is 5.97 Å². The fourth-order valence-electron chi connectivity index (χ4n) is 1.69. The minimum Gasteiger partial charge on any atom is -0.462 e. The normalized spacial score (nSPS) is 19.2. The van der Waals surface area contributed by atoms with Crippen molar-refractivity contribution in [1.29, 1.82) is 0 Å². The van der Waals surface area contributed by atoms with E-state index in [0.717, 1.165) is 13.0 Å². The summed E-state index contributed by atoms with van der Waals surface area (Å²) in [5.74, 6) is -0.145. The molecular formula is C12H14ClNO3. The van der Waals surface area contributed by atoms with Crippen molar-refractivity contribution in [2.75, 3.05) is 25.6 Å². The monoisotopic (exact) mass is 255 g/mol. The lowest BCUT2D eigenvalue weighted by atomic mass is 10.1. The predicted molar refractivity (Wildman–Crippen MR) is 65.1 cm³/mol. The van der Waals surface area contributed by atoms with E-state index in [1.165, 1.54) is 0 Å². The summed E-state index contributed by atoms with van der Waals surface area (Å²) in [5.41, 5.74) is 6.31. The van der Waals surface area contributed by atoms with Gasteiger partial charge in [-0.3, -0.25) is 0 Å². The molecule has 0 aromatic heterocycles. The lowest BCUT2D eigenvalue weighted by molar-refractivity contribution is 0.0428. The van der Waals surface area contributed by atoms with E-state index >= 15 is 0 Å². The van der Waals surface area contributed by atoms with Gasteiger partial charge in [-0.25, -0.2) is 4.79 Å². The predicted octanol–water partition coefficient (Wildman–Crippen LogP) is 2.12. The van der Waals surface area contributed by atoms with Crippen molar-refractivity contribution in [2.45, 2.75) is 6.42 Å². The maximum absolute atomic E-state index is 11.8. The Hall–Kier alpha value is -1.26. The van der Waals surface area contributed by atoms with Gasteiger partial charge in [0.05, 0.1) is 29.5 Å². The van der Waals surface area contributed by atoms with Gasteiger partial charge in [0.25, 0.3) is 0 Å². The van der Waals surface area contributed by atoms with Crippen molar-refractivity contribution in [3.63, 3.8) is 0 Å². The highest BCUT2D eigenvalue weighted by Crippen LogP contribution is 2.24. The Morgan fingerprint density at radius 2 is 2.41 bits per heavy atom. The first kappa shape index (κ1) is 12.2. The highest BCUT2D eigenvalue weighted by Gasteiger charge is 2.19. The fraction of sp³-hybridized carbons (Fsp3) is 0.417. The third-order valence-corrected chi connectivity index (χ3v) is 3.14. The van der Waals surface area contributed by atoms with Crippen molar-refractivity contribution in [3.8, 4) is 0 Å². The van der Waals surface area contributed by atoms with Crippen molar-refractivity contribution < 1.29 is 14.3 Å². The Kier molecular flexibility index (Phi) is 3.86. The Labute approximate surface area is 105 Å². The zero-order valence-corrected chi connectivity index (χ0v) is 10.1. The number of esters is 1. The molecule has 5 heteroatoms. The van der Waals surface area contributed by atoms with Crippen LogP contribution >= 0.6 is 11.6 Å². The Bertz CT molecular complexity index is 416. The average molecular weight is 256 g/mol. The largest absolute Gasteiger partial charge is 0.462 e. The van der Waals surface area contributed by atoms with Gasteiger partial charge in [-0.05, 0) is 18.6 Å². The van der Waals surface area contributed by atoms with Crippen LogP contribution in [0.25, 0.3) is 0 Å². The zero-order valence-electron chi connectivity index (χ0n) is 9.32. The number of rotatable bonds is 3. The molecule has 1 aromatic rings. The van der Waals surface area contributed by atoms with Gasteiger partial charge in [-0.15, -0.1) is 0 Å². The summed E-state index contributed by atoms with van der Waals surface area (Å²) >= 11 is 5.93. The van der Waals surface area contributed by atoms with Crippen molar-refractivity contribution in [2.24, 2.45) is 5.92 Å². The van der Waals surface area contributed by atoms with Gasteiger partial charge in [0.2, 0.25) is 0 Å². The molecule has 2 N–H and O–H groups in total. The quantitative estimate of drug-likeness (QED) is 0.664. The molecule has 2 rings (SSSR count). The van der Waals surface area contributed by atoms with E-state index in [9.17, 15) is 4.79 Å². The highest BCUT2D eigenvalue weighted by molar-refractivity contribution is 6.36. The summed E-state index contributed by atoms with van der Waals surface area (Å²) in [7, 11) is 0. The molecule has 1 aliphatic rings. The number of hydrogen-bond acceptors (Lipinski definition) is 4. The topological polar surface area (TPSA) is 61.6 Å². The van der Waals surface area contributed by atoms with E-state index in [2.05, 4.69) is 0 Å². The smallest absolute Gasteiger partial charge is 0.339 e. The van der Waals surface area contributed by atoms with Crippen LogP contribution in [0.5, 0.6) is 0 Å². The molecule has 0 amide bonds. The molecule has 0 radical (unpaired) electrons. The van der Waals surface area contributed by atoms with Gasteiger partial charge in [0.15, 0.2) is 0 Å². The molecule has 92 valence electrons. The SMILES string of the molecule is Nc1cccc(C(=O)OCC2CCOC2)c1Cl. The molecule has 1 saturated heterocycles. The molecule has 0 bridgehead atoms. The van der Waals surface area contributed by atoms with E-state index in [4.69, 9.17) is 26.8 Å². The molecule has 1 aliphatic heterocycles. The average Bonchev–Trinajstić information content (AvgIpc) is 2.82. The molecule has 1 unspecified atom stereocenters. The van der Waals surface area contributed by atoms with Gasteiger partial charge in [-0.1, -0.05) is 17.7 Å². The first-order valence-electron chi connectivity index (χ1n) is 5.47. The molecule has 0 spiro atoms. The minimum absolute atomic E-state index is 0.250. The summed E-state index contributed by atoms with van der Waals surface area (Å²) in [6.07, 6.45) is 0.929. The standard InChI is InChI=1S/C12H14ClNO3/c13-11-9(2-1-3-10(11)14)12(15)17-7-8-4-5-16-6-8/h1-3,8H,4-7,14H2. The molecule has 4 nitrogen and oxygen atoms in total. The zero-order chi connectivity index (χ0) is 12.3. The lowest BCUT2D eigenvalue weighted by Crippen LogP contribution is -2.14. The molecule has 0 saturated carbocycles. The molecule has 1 fully saturated rings. The van der Waals surface area contributed by atoms with Crippen LogP contribution in [0.15, 0.2) is 18.2 Å². The summed E-state index contributed by atoms with van der Waals surface area (Å²) in [6.45, 7) is 1.75. The highest BCUT2D eigenvalue weighted by atomic mass is 35.5. The number of ether oxygens (including phenoxy) is 2. The van der Waals surface area contributed by atoms with E-state index in [1.54, 1.807) is 18.2 Å². The molecular weight excluding hydrogens is 242 g/mol. The van der Waals surface area contributed by atoms with Crippen LogP contribution in [0.2, 0.25) is 5.02 Å². The number of nitrogen functional groups attached to an aromatic ring is 1. The van der Waals surface area contributed by atoms with Gasteiger partial charge >= 0.3 is 5.97 Å². The van der Waals surface area contributed by atoms with Crippen LogP contribution in [0, 0.1) is 5.92 Å². The molecule has 1 atom stereocenters. The fourth-order valence-corrected chi connectivity index (χ4v) is 1.90. The van der Waals surface area contributed by atoms with E-state index in [-0.39, 0.29) is 5.02 Å². The maximum Gasteiger partial charge on any atom is 0.339 e. The van der Waals surface area contributed by atoms with Gasteiger partial charge in [0.1, 0.15) is 0 Å². The van der Waals surface area contributed by atoms with E-state index in [0.29, 0.717) is 30.4 Å². The molecule has 0 aliphatic carbocycles. The van der Waals surface area contributed by atoms with Gasteiger partial charge < -0.3 is 15.2 Å². The molecule has 17 heavy (non-hydrogen) atoms. The summed E-state index contributed by atoms with van der Waals surface area (Å²) < 4.78 is 10.4. The first-order valence-corrected chi connectivity index (χ1v) is 5.85. The second-order valence-corrected chi connectivity index (χ2v) is 4.41. The molecule has 1 heterocycles. The van der Waals surface area contributed by atoms with E-state index in [1.807, 2.05) is 0 Å². The number of nitrogens with two attached hydrogens (primary N) is 1. The second kappa shape index (κ2) is 5.38. The molecule has 1 aromatic carbocycles. The number of carbonyl (C=O) groups is 1. The van der Waals surface area contributed by atoms with Crippen LogP contribution < -0.4 is 5.73 Å². The van der Waals surface area contributed by atoms with Crippen LogP contribution in [0.1, 0.15) is 16.8 Å². The van der Waals surface area contributed by atoms with Gasteiger partial charge in [0, 0.05) is 12.5 Å². The number of carbonyl (C=O) groups excluding carboxylic acids is 1. The third-order valence-electron chi connectivity index (χ3n) is 2.72. The van der Waals surface area contributed by atoms with Crippen molar-refractivity contribution in [3.05, 3.63) is 28.8 Å². The second-order valence-electron chi connectivity index (χ2n) is 4.04. The van der Waals surface area contributed by atoms with Crippen molar-refractivity contribution >= 4 is 23.3 Å². The van der Waals surface area contributed by atoms with Crippen molar-refractivity contribution in [1.82, 2.24) is 0 Å². The Morgan fingerprint density at radius 3 is 3.12 bits per heavy atom.